The van der Waals surface area contributed by atoms with Crippen molar-refractivity contribution in [2.75, 3.05) is 11.9 Å². The van der Waals surface area contributed by atoms with Crippen molar-refractivity contribution in [1.29, 1.82) is 0 Å². The van der Waals surface area contributed by atoms with Crippen molar-refractivity contribution >= 4 is 39.9 Å². The second kappa shape index (κ2) is 6.67. The summed E-state index contributed by atoms with van der Waals surface area (Å²) < 4.78 is 1.12. The van der Waals surface area contributed by atoms with Crippen molar-refractivity contribution in [3.05, 3.63) is 62.7 Å². The molecule has 0 aliphatic carbocycles. The molecule has 1 nitrogen and oxygen atoms in total. The van der Waals surface area contributed by atoms with Crippen molar-refractivity contribution in [2.24, 2.45) is 0 Å². The SMILES string of the molecule is Clc1cc(I)ccc1NCC#Cc1ccccc1. The Balaban J connectivity index is 1.95. The highest BCUT2D eigenvalue weighted by Gasteiger charge is 1.98. The van der Waals surface area contributed by atoms with Crippen LogP contribution in [0.15, 0.2) is 48.5 Å². The lowest BCUT2D eigenvalue weighted by Crippen LogP contribution is -1.99. The van der Waals surface area contributed by atoms with Gasteiger partial charge in [-0.05, 0) is 52.9 Å². The van der Waals surface area contributed by atoms with Gasteiger partial charge in [-0.2, -0.15) is 0 Å². The minimum Gasteiger partial charge on any atom is -0.373 e. The molecule has 2 aromatic carbocycles. The molecule has 0 atom stereocenters. The zero-order valence-electron chi connectivity index (χ0n) is 9.58. The van der Waals surface area contributed by atoms with Crippen LogP contribution >= 0.6 is 34.2 Å². The van der Waals surface area contributed by atoms with Crippen molar-refractivity contribution in [3.8, 4) is 11.8 Å². The van der Waals surface area contributed by atoms with Crippen LogP contribution in [0.4, 0.5) is 5.69 Å². The second-order valence-corrected chi connectivity index (χ2v) is 5.30. The summed E-state index contributed by atoms with van der Waals surface area (Å²) in [6.07, 6.45) is 0. The summed E-state index contributed by atoms with van der Waals surface area (Å²) in [6.45, 7) is 0.579. The molecule has 0 fully saturated rings. The van der Waals surface area contributed by atoms with Gasteiger partial charge in [0.15, 0.2) is 0 Å². The maximum absolute atomic E-state index is 6.11. The molecule has 0 aliphatic heterocycles. The van der Waals surface area contributed by atoms with E-state index in [1.165, 1.54) is 0 Å². The van der Waals surface area contributed by atoms with E-state index in [0.717, 1.165) is 19.8 Å². The average Bonchev–Trinajstić information content (AvgIpc) is 2.38. The van der Waals surface area contributed by atoms with Crippen LogP contribution in [-0.2, 0) is 0 Å². The third-order valence-corrected chi connectivity index (χ3v) is 3.29. The fraction of sp³-hybridized carbons (Fsp3) is 0.0667. The van der Waals surface area contributed by atoms with Crippen LogP contribution < -0.4 is 5.32 Å². The van der Waals surface area contributed by atoms with Gasteiger partial charge in [-0.25, -0.2) is 0 Å². The molecule has 0 aliphatic rings. The zero-order chi connectivity index (χ0) is 12.8. The molecule has 0 spiro atoms. The third-order valence-electron chi connectivity index (χ3n) is 2.30. The maximum Gasteiger partial charge on any atom is 0.0770 e. The fourth-order valence-electron chi connectivity index (χ4n) is 1.44. The summed E-state index contributed by atoms with van der Waals surface area (Å²) >= 11 is 8.34. The summed E-state index contributed by atoms with van der Waals surface area (Å²) in [5.74, 6) is 6.16. The molecule has 2 aromatic rings. The first kappa shape index (κ1) is 13.3. The van der Waals surface area contributed by atoms with Crippen LogP contribution in [0.5, 0.6) is 0 Å². The molecule has 0 aromatic heterocycles. The van der Waals surface area contributed by atoms with E-state index in [2.05, 4.69) is 39.7 Å². The van der Waals surface area contributed by atoms with Crippen LogP contribution in [0.1, 0.15) is 5.56 Å². The Hall–Kier alpha value is -1.18. The van der Waals surface area contributed by atoms with E-state index in [1.807, 2.05) is 48.5 Å². The first-order chi connectivity index (χ1) is 8.75. The predicted molar refractivity (Wildman–Crippen MR) is 86.0 cm³/mol. The number of hydrogen-bond acceptors (Lipinski definition) is 1. The van der Waals surface area contributed by atoms with Crippen LogP contribution in [0.25, 0.3) is 0 Å². The molecule has 2 rings (SSSR count). The van der Waals surface area contributed by atoms with Gasteiger partial charge in [-0.3, -0.25) is 0 Å². The summed E-state index contributed by atoms with van der Waals surface area (Å²) in [7, 11) is 0. The number of nitrogens with one attached hydrogen (secondary N) is 1. The predicted octanol–water partition coefficient (Wildman–Crippen LogP) is 4.41. The number of rotatable bonds is 2. The molecule has 0 radical (unpaired) electrons. The Morgan fingerprint density at radius 1 is 1.11 bits per heavy atom. The largest absolute Gasteiger partial charge is 0.373 e. The lowest BCUT2D eigenvalue weighted by Gasteiger charge is -2.04. The Morgan fingerprint density at radius 2 is 1.89 bits per heavy atom. The molecule has 1 N–H and O–H groups in total. The minimum atomic E-state index is 0.579. The van der Waals surface area contributed by atoms with Crippen LogP contribution in [0, 0.1) is 15.4 Å². The van der Waals surface area contributed by atoms with Gasteiger partial charge in [-0.1, -0.05) is 41.6 Å². The van der Waals surface area contributed by atoms with Crippen molar-refractivity contribution in [2.45, 2.75) is 0 Å². The van der Waals surface area contributed by atoms with E-state index in [0.29, 0.717) is 6.54 Å². The first-order valence-corrected chi connectivity index (χ1v) is 6.94. The van der Waals surface area contributed by atoms with Gasteiger partial charge < -0.3 is 5.32 Å². The molecule has 0 bridgehead atoms. The van der Waals surface area contributed by atoms with Gasteiger partial charge in [-0.15, -0.1) is 0 Å². The fourth-order valence-corrected chi connectivity index (χ4v) is 2.36. The third kappa shape index (κ3) is 3.94. The summed E-state index contributed by atoms with van der Waals surface area (Å²) in [6, 6.07) is 15.8. The Kier molecular flexibility index (Phi) is 4.91. The van der Waals surface area contributed by atoms with Crippen LogP contribution in [0.2, 0.25) is 5.02 Å². The van der Waals surface area contributed by atoms with E-state index < -0.39 is 0 Å². The van der Waals surface area contributed by atoms with Gasteiger partial charge in [0.05, 0.1) is 17.3 Å². The number of halogens is 2. The maximum atomic E-state index is 6.11. The van der Waals surface area contributed by atoms with E-state index in [9.17, 15) is 0 Å². The summed E-state index contributed by atoms with van der Waals surface area (Å²) in [5, 5.41) is 3.93. The summed E-state index contributed by atoms with van der Waals surface area (Å²) in [5.41, 5.74) is 1.94. The molecule has 3 heteroatoms. The second-order valence-electron chi connectivity index (χ2n) is 3.65. The monoisotopic (exact) mass is 367 g/mol. The van der Waals surface area contributed by atoms with Gasteiger partial charge in [0.25, 0.3) is 0 Å². The Labute approximate surface area is 126 Å². The number of hydrogen-bond donors (Lipinski definition) is 1. The lowest BCUT2D eigenvalue weighted by atomic mass is 10.2. The molecule has 0 saturated heterocycles. The molecule has 0 heterocycles. The zero-order valence-corrected chi connectivity index (χ0v) is 12.5. The Bertz CT molecular complexity index is 584. The Morgan fingerprint density at radius 3 is 2.61 bits per heavy atom. The van der Waals surface area contributed by atoms with Gasteiger partial charge in [0, 0.05) is 9.13 Å². The van der Waals surface area contributed by atoms with E-state index >= 15 is 0 Å². The molecular weight excluding hydrogens is 357 g/mol. The van der Waals surface area contributed by atoms with Gasteiger partial charge in [0.1, 0.15) is 0 Å². The number of benzene rings is 2. The first-order valence-electron chi connectivity index (χ1n) is 5.48. The van der Waals surface area contributed by atoms with Crippen LogP contribution in [0.3, 0.4) is 0 Å². The minimum absolute atomic E-state index is 0.579. The van der Waals surface area contributed by atoms with Crippen molar-refractivity contribution in [3.63, 3.8) is 0 Å². The standard InChI is InChI=1S/C15H11ClIN/c16-14-11-13(17)8-9-15(14)18-10-4-7-12-5-2-1-3-6-12/h1-3,5-6,8-9,11,18H,10H2. The van der Waals surface area contributed by atoms with E-state index in [4.69, 9.17) is 11.6 Å². The topological polar surface area (TPSA) is 12.0 Å². The molecular formula is C15H11ClIN. The highest BCUT2D eigenvalue weighted by molar-refractivity contribution is 14.1. The smallest absolute Gasteiger partial charge is 0.0770 e. The quantitative estimate of drug-likeness (QED) is 0.612. The summed E-state index contributed by atoms with van der Waals surface area (Å²) in [4.78, 5) is 0. The lowest BCUT2D eigenvalue weighted by molar-refractivity contribution is 1.37. The molecule has 0 unspecified atom stereocenters. The van der Waals surface area contributed by atoms with E-state index in [1.54, 1.807) is 0 Å². The molecule has 0 saturated carbocycles. The molecule has 18 heavy (non-hydrogen) atoms. The average molecular weight is 368 g/mol. The van der Waals surface area contributed by atoms with Gasteiger partial charge in [0.2, 0.25) is 0 Å². The molecule has 90 valence electrons. The van der Waals surface area contributed by atoms with Crippen LogP contribution in [-0.4, -0.2) is 6.54 Å². The normalized spacial score (nSPS) is 9.44. The highest BCUT2D eigenvalue weighted by atomic mass is 127. The van der Waals surface area contributed by atoms with E-state index in [-0.39, 0.29) is 0 Å². The highest BCUT2D eigenvalue weighted by Crippen LogP contribution is 2.23. The van der Waals surface area contributed by atoms with Gasteiger partial charge >= 0.3 is 0 Å². The number of anilines is 1. The van der Waals surface area contributed by atoms with Crippen molar-refractivity contribution < 1.29 is 0 Å². The molecule has 0 amide bonds. The van der Waals surface area contributed by atoms with Crippen molar-refractivity contribution in [1.82, 2.24) is 0 Å².